The minimum Gasteiger partial charge on any atom is -1.00 e. The van der Waals surface area contributed by atoms with Gasteiger partial charge in [-0.2, -0.15) is 0 Å². The van der Waals surface area contributed by atoms with Crippen LogP contribution in [0.15, 0.2) is 54.6 Å². The van der Waals surface area contributed by atoms with Crippen LogP contribution in [0.1, 0.15) is 41.6 Å². The standard InChI is InChI=1S/C22H25N2.HI/c1-24-14-7-11-17(16-8-3-2-4-9-16)22(24)21-19(13-15-24)18-10-5-6-12-20(18)23-21;/h2-6,8-10,12,17,22-23H,7,11,13-15H2,1H3;1H/q+1;/p-1. The van der Waals surface area contributed by atoms with Gasteiger partial charge >= 0.3 is 0 Å². The lowest BCUT2D eigenvalue weighted by molar-refractivity contribution is -0.948. The molecule has 2 aliphatic heterocycles. The second-order valence-corrected chi connectivity index (χ2v) is 7.84. The van der Waals surface area contributed by atoms with E-state index in [4.69, 9.17) is 0 Å². The summed E-state index contributed by atoms with van der Waals surface area (Å²) in [6.07, 6.45) is 3.84. The number of para-hydroxylation sites is 1. The van der Waals surface area contributed by atoms with E-state index in [9.17, 15) is 0 Å². The lowest BCUT2D eigenvalue weighted by Crippen LogP contribution is -3.00. The lowest BCUT2D eigenvalue weighted by atomic mass is 9.77. The summed E-state index contributed by atoms with van der Waals surface area (Å²) in [6.45, 7) is 2.58. The van der Waals surface area contributed by atoms with Crippen LogP contribution in [0.25, 0.3) is 10.9 Å². The maximum Gasteiger partial charge on any atom is 0.137 e. The number of fused-ring (bicyclic) bond motifs is 5. The van der Waals surface area contributed by atoms with Crippen molar-refractivity contribution in [3.8, 4) is 0 Å². The summed E-state index contributed by atoms with van der Waals surface area (Å²) in [6, 6.07) is 20.6. The smallest absolute Gasteiger partial charge is 0.137 e. The van der Waals surface area contributed by atoms with Gasteiger partial charge in [-0.15, -0.1) is 0 Å². The van der Waals surface area contributed by atoms with Crippen LogP contribution in [0.4, 0.5) is 0 Å². The Labute approximate surface area is 166 Å². The van der Waals surface area contributed by atoms with Gasteiger partial charge in [-0.3, -0.25) is 0 Å². The third-order valence-corrected chi connectivity index (χ3v) is 6.48. The van der Waals surface area contributed by atoms with Gasteiger partial charge in [0.1, 0.15) is 6.04 Å². The average Bonchev–Trinajstić information content (AvgIpc) is 3.00. The highest BCUT2D eigenvalue weighted by Gasteiger charge is 2.48. The molecular weight excluding hydrogens is 419 g/mol. The van der Waals surface area contributed by atoms with Gasteiger partial charge in [0, 0.05) is 23.2 Å². The molecule has 2 aliphatic rings. The van der Waals surface area contributed by atoms with Crippen LogP contribution in [0.5, 0.6) is 0 Å². The zero-order valence-corrected chi connectivity index (χ0v) is 16.9. The number of nitrogens with one attached hydrogen (secondary N) is 1. The van der Waals surface area contributed by atoms with Crippen LogP contribution in [0.2, 0.25) is 0 Å². The Hall–Kier alpha value is -1.33. The van der Waals surface area contributed by atoms with Crippen LogP contribution in [-0.4, -0.2) is 29.6 Å². The molecule has 0 aliphatic carbocycles. The summed E-state index contributed by atoms with van der Waals surface area (Å²) >= 11 is 0. The van der Waals surface area contributed by atoms with Crippen molar-refractivity contribution in [2.45, 2.75) is 31.2 Å². The molecule has 3 aromatic rings. The predicted molar refractivity (Wildman–Crippen MR) is 99.1 cm³/mol. The predicted octanol–water partition coefficient (Wildman–Crippen LogP) is 1.79. The Morgan fingerprint density at radius 3 is 2.56 bits per heavy atom. The average molecular weight is 444 g/mol. The molecule has 0 amide bonds. The molecule has 1 fully saturated rings. The quantitative estimate of drug-likeness (QED) is 0.435. The van der Waals surface area contributed by atoms with Gasteiger partial charge in [0.25, 0.3) is 0 Å². The van der Waals surface area contributed by atoms with Gasteiger partial charge in [0.2, 0.25) is 0 Å². The van der Waals surface area contributed by atoms with Crippen molar-refractivity contribution < 1.29 is 28.5 Å². The molecule has 0 saturated carbocycles. The van der Waals surface area contributed by atoms with Crippen molar-refractivity contribution in [1.82, 2.24) is 4.98 Å². The molecule has 25 heavy (non-hydrogen) atoms. The normalized spacial score (nSPS) is 28.0. The molecule has 130 valence electrons. The van der Waals surface area contributed by atoms with Crippen molar-refractivity contribution in [1.29, 1.82) is 0 Å². The highest BCUT2D eigenvalue weighted by molar-refractivity contribution is 5.85. The highest BCUT2D eigenvalue weighted by Crippen LogP contribution is 2.50. The van der Waals surface area contributed by atoms with Crippen molar-refractivity contribution in [2.75, 3.05) is 20.1 Å². The number of hydrogen-bond donors (Lipinski definition) is 1. The zero-order chi connectivity index (χ0) is 16.1. The number of hydrogen-bond acceptors (Lipinski definition) is 0. The van der Waals surface area contributed by atoms with E-state index < -0.39 is 0 Å². The molecule has 3 heterocycles. The van der Waals surface area contributed by atoms with E-state index in [2.05, 4.69) is 66.6 Å². The molecule has 1 N–H and O–H groups in total. The number of piperidine rings is 1. The van der Waals surface area contributed by atoms with Crippen LogP contribution >= 0.6 is 0 Å². The van der Waals surface area contributed by atoms with Crippen molar-refractivity contribution in [2.24, 2.45) is 0 Å². The summed E-state index contributed by atoms with van der Waals surface area (Å²) < 4.78 is 1.19. The number of H-pyrrole nitrogens is 1. The van der Waals surface area contributed by atoms with Crippen LogP contribution < -0.4 is 24.0 Å². The van der Waals surface area contributed by atoms with Crippen molar-refractivity contribution in [3.63, 3.8) is 0 Å². The number of quaternary nitrogens is 1. The van der Waals surface area contributed by atoms with E-state index in [1.165, 1.54) is 59.0 Å². The van der Waals surface area contributed by atoms with E-state index in [0.29, 0.717) is 12.0 Å². The third kappa shape index (κ3) is 2.63. The van der Waals surface area contributed by atoms with E-state index >= 15 is 0 Å². The molecule has 3 unspecified atom stereocenters. The summed E-state index contributed by atoms with van der Waals surface area (Å²) in [5.41, 5.74) is 5.92. The number of benzene rings is 2. The first-order valence-corrected chi connectivity index (χ1v) is 9.25. The second-order valence-electron chi connectivity index (χ2n) is 7.84. The number of aromatic nitrogens is 1. The second kappa shape index (κ2) is 6.44. The number of halogens is 1. The topological polar surface area (TPSA) is 15.8 Å². The highest BCUT2D eigenvalue weighted by atomic mass is 127. The summed E-state index contributed by atoms with van der Waals surface area (Å²) in [5.74, 6) is 0.622. The Morgan fingerprint density at radius 2 is 1.72 bits per heavy atom. The number of rotatable bonds is 1. The SMILES string of the molecule is C[N+]12CCCC(c3ccccc3)C1c1[nH]c3ccccc3c1CC2.[I-]. The van der Waals surface area contributed by atoms with Gasteiger partial charge in [0.15, 0.2) is 0 Å². The van der Waals surface area contributed by atoms with E-state index in [-0.39, 0.29) is 24.0 Å². The van der Waals surface area contributed by atoms with Gasteiger partial charge < -0.3 is 33.4 Å². The molecule has 3 atom stereocenters. The van der Waals surface area contributed by atoms with Gasteiger partial charge in [-0.1, -0.05) is 48.5 Å². The summed E-state index contributed by atoms with van der Waals surface area (Å²) in [5, 5.41) is 1.44. The number of nitrogens with zero attached hydrogens (tertiary/aromatic N) is 1. The minimum absolute atomic E-state index is 0. The van der Waals surface area contributed by atoms with Crippen molar-refractivity contribution >= 4 is 10.9 Å². The van der Waals surface area contributed by atoms with Crippen LogP contribution in [-0.2, 0) is 6.42 Å². The van der Waals surface area contributed by atoms with Gasteiger partial charge in [-0.25, -0.2) is 0 Å². The van der Waals surface area contributed by atoms with E-state index in [1.807, 2.05) is 0 Å². The monoisotopic (exact) mass is 444 g/mol. The Kier molecular flexibility index (Phi) is 4.40. The maximum absolute atomic E-state index is 3.82. The third-order valence-electron chi connectivity index (χ3n) is 6.48. The van der Waals surface area contributed by atoms with E-state index in [1.54, 1.807) is 5.56 Å². The Bertz CT molecular complexity index is 885. The number of aromatic amines is 1. The lowest BCUT2D eigenvalue weighted by Gasteiger charge is -2.51. The molecule has 2 aromatic carbocycles. The molecule has 2 nitrogen and oxygen atoms in total. The molecule has 1 aromatic heterocycles. The first kappa shape index (κ1) is 17.1. The van der Waals surface area contributed by atoms with Crippen LogP contribution in [0.3, 0.4) is 0 Å². The molecule has 3 heteroatoms. The van der Waals surface area contributed by atoms with E-state index in [0.717, 1.165) is 0 Å². The fourth-order valence-corrected chi connectivity index (χ4v) is 5.33. The summed E-state index contributed by atoms with van der Waals surface area (Å²) in [7, 11) is 2.48. The molecule has 0 bridgehead atoms. The first-order valence-electron chi connectivity index (χ1n) is 9.25. The van der Waals surface area contributed by atoms with Crippen LogP contribution in [0, 0.1) is 0 Å². The summed E-state index contributed by atoms with van der Waals surface area (Å²) in [4.78, 5) is 3.82. The maximum atomic E-state index is 3.82. The van der Waals surface area contributed by atoms with Gasteiger partial charge in [-0.05, 0) is 30.0 Å². The number of likely N-dealkylation sites (N-methyl/N-ethyl adjacent to an activating group) is 1. The minimum atomic E-state index is 0. The molecule has 5 rings (SSSR count). The fraction of sp³-hybridized carbons (Fsp3) is 0.364. The van der Waals surface area contributed by atoms with Crippen molar-refractivity contribution in [3.05, 3.63) is 71.4 Å². The van der Waals surface area contributed by atoms with Gasteiger partial charge in [0.05, 0.1) is 25.8 Å². The molecule has 0 radical (unpaired) electrons. The molecule has 0 spiro atoms. The fourth-order valence-electron chi connectivity index (χ4n) is 5.33. The molecule has 1 saturated heterocycles. The largest absolute Gasteiger partial charge is 1.00 e. The zero-order valence-electron chi connectivity index (χ0n) is 14.7. The first-order chi connectivity index (χ1) is 11.8. The Morgan fingerprint density at radius 1 is 0.960 bits per heavy atom. The Balaban J connectivity index is 0.00000157. The molecular formula is C22H25IN2.